The van der Waals surface area contributed by atoms with Gasteiger partial charge in [-0.2, -0.15) is 0 Å². The van der Waals surface area contributed by atoms with Crippen LogP contribution in [0.15, 0.2) is 78.9 Å². The average molecular weight is 499 g/mol. The van der Waals surface area contributed by atoms with Gasteiger partial charge in [0.2, 0.25) is 11.0 Å². The number of nitrogens with zero attached hydrogens (tertiary/aromatic N) is 2. The highest BCUT2D eigenvalue weighted by Crippen LogP contribution is 2.27. The zero-order valence-electron chi connectivity index (χ0n) is 20.9. The molecule has 0 fully saturated rings. The van der Waals surface area contributed by atoms with Gasteiger partial charge in [-0.3, -0.25) is 14.9 Å². The Morgan fingerprint density at radius 1 is 0.889 bits per heavy atom. The lowest BCUT2D eigenvalue weighted by atomic mass is 9.86. The molecule has 3 aromatic carbocycles. The third-order valence-corrected chi connectivity index (χ3v) is 6.76. The zero-order chi connectivity index (χ0) is 25.7. The van der Waals surface area contributed by atoms with Gasteiger partial charge in [-0.1, -0.05) is 104 Å². The summed E-state index contributed by atoms with van der Waals surface area (Å²) in [5, 5.41) is 15.2. The Morgan fingerprint density at radius 3 is 2.19 bits per heavy atom. The maximum absolute atomic E-state index is 13.3. The molecule has 0 radical (unpaired) electrons. The predicted molar refractivity (Wildman–Crippen MR) is 145 cm³/mol. The molecule has 0 aliphatic heterocycles. The van der Waals surface area contributed by atoms with Crippen LogP contribution in [0.3, 0.4) is 0 Å². The van der Waals surface area contributed by atoms with Crippen LogP contribution >= 0.6 is 11.3 Å². The van der Waals surface area contributed by atoms with Crippen LogP contribution in [0.4, 0.5) is 5.13 Å². The van der Waals surface area contributed by atoms with Crippen molar-refractivity contribution in [3.63, 3.8) is 0 Å². The molecule has 0 bridgehead atoms. The van der Waals surface area contributed by atoms with Gasteiger partial charge in [0.25, 0.3) is 5.91 Å². The second-order valence-electron chi connectivity index (χ2n) is 9.81. The summed E-state index contributed by atoms with van der Waals surface area (Å²) in [5.41, 5.74) is 4.67. The monoisotopic (exact) mass is 498 g/mol. The van der Waals surface area contributed by atoms with Crippen LogP contribution in [-0.4, -0.2) is 28.1 Å². The van der Waals surface area contributed by atoms with Gasteiger partial charge in [-0.05, 0) is 35.6 Å². The first kappa shape index (κ1) is 25.3. The lowest BCUT2D eigenvalue weighted by molar-refractivity contribution is -0.118. The summed E-state index contributed by atoms with van der Waals surface area (Å²) in [4.78, 5) is 26.3. The molecular weight excluding hydrogens is 468 g/mol. The molecule has 4 aromatic rings. The standard InChI is InChI=1S/C29H30N4O2S/c1-19-10-12-22(13-11-19)27-32-33-28(36-27)31-26(35)24(18-20-8-6-5-7-9-20)30-25(34)21-14-16-23(17-15-21)29(2,3)4/h5-17,24H,18H2,1-4H3,(H,30,34)(H,31,33,35)/t24-/m0/s1. The second kappa shape index (κ2) is 10.8. The fraction of sp³-hybridized carbons (Fsp3) is 0.241. The molecule has 0 unspecified atom stereocenters. The van der Waals surface area contributed by atoms with Crippen molar-refractivity contribution < 1.29 is 9.59 Å². The molecule has 184 valence electrons. The summed E-state index contributed by atoms with van der Waals surface area (Å²) in [7, 11) is 0. The van der Waals surface area contributed by atoms with E-state index < -0.39 is 6.04 Å². The van der Waals surface area contributed by atoms with Gasteiger partial charge in [0.05, 0.1) is 0 Å². The molecule has 0 saturated heterocycles. The Labute approximate surface area is 215 Å². The first-order valence-corrected chi connectivity index (χ1v) is 12.7. The topological polar surface area (TPSA) is 84.0 Å². The van der Waals surface area contributed by atoms with Gasteiger partial charge >= 0.3 is 0 Å². The van der Waals surface area contributed by atoms with Crippen LogP contribution in [0.25, 0.3) is 10.6 Å². The summed E-state index contributed by atoms with van der Waals surface area (Å²) in [6.45, 7) is 8.40. The summed E-state index contributed by atoms with van der Waals surface area (Å²) < 4.78 is 0. The molecule has 0 spiro atoms. The molecule has 2 N–H and O–H groups in total. The highest BCUT2D eigenvalue weighted by molar-refractivity contribution is 7.18. The normalized spacial score (nSPS) is 12.1. The van der Waals surface area contributed by atoms with E-state index in [4.69, 9.17) is 0 Å². The van der Waals surface area contributed by atoms with Crippen molar-refractivity contribution >= 4 is 28.3 Å². The van der Waals surface area contributed by atoms with E-state index in [-0.39, 0.29) is 17.2 Å². The Hall–Kier alpha value is -3.84. The van der Waals surface area contributed by atoms with Gasteiger partial charge in [-0.15, -0.1) is 10.2 Å². The number of aryl methyl sites for hydroxylation is 1. The van der Waals surface area contributed by atoms with Crippen molar-refractivity contribution in [1.29, 1.82) is 0 Å². The lowest BCUT2D eigenvalue weighted by Gasteiger charge is -2.20. The number of nitrogens with one attached hydrogen (secondary N) is 2. The van der Waals surface area contributed by atoms with E-state index in [1.807, 2.05) is 73.7 Å². The van der Waals surface area contributed by atoms with Crippen molar-refractivity contribution in [2.45, 2.75) is 45.6 Å². The summed E-state index contributed by atoms with van der Waals surface area (Å²) in [6, 6.07) is 24.3. The SMILES string of the molecule is Cc1ccc(-c2nnc(NC(=O)[C@H](Cc3ccccc3)NC(=O)c3ccc(C(C)(C)C)cc3)s2)cc1. The summed E-state index contributed by atoms with van der Waals surface area (Å²) in [6.07, 6.45) is 0.349. The average Bonchev–Trinajstić information content (AvgIpc) is 3.32. The third-order valence-electron chi connectivity index (χ3n) is 5.87. The van der Waals surface area contributed by atoms with Gasteiger partial charge in [0.1, 0.15) is 11.0 Å². The Kier molecular flexibility index (Phi) is 7.60. The second-order valence-corrected chi connectivity index (χ2v) is 10.8. The van der Waals surface area contributed by atoms with Crippen LogP contribution in [0.5, 0.6) is 0 Å². The quantitative estimate of drug-likeness (QED) is 0.338. The highest BCUT2D eigenvalue weighted by atomic mass is 32.1. The van der Waals surface area contributed by atoms with E-state index in [0.29, 0.717) is 22.1 Å². The van der Waals surface area contributed by atoms with E-state index in [1.54, 1.807) is 12.1 Å². The van der Waals surface area contributed by atoms with E-state index in [1.165, 1.54) is 11.3 Å². The van der Waals surface area contributed by atoms with Gasteiger partial charge in [0.15, 0.2) is 0 Å². The van der Waals surface area contributed by atoms with Crippen molar-refractivity contribution in [2.75, 3.05) is 5.32 Å². The molecule has 2 amide bonds. The minimum absolute atomic E-state index is 0.0100. The van der Waals surface area contributed by atoms with E-state index in [0.717, 1.165) is 22.3 Å². The van der Waals surface area contributed by atoms with Crippen LogP contribution in [0.2, 0.25) is 0 Å². The van der Waals surface area contributed by atoms with Crippen LogP contribution in [-0.2, 0) is 16.6 Å². The largest absolute Gasteiger partial charge is 0.340 e. The maximum Gasteiger partial charge on any atom is 0.251 e. The molecule has 7 heteroatoms. The van der Waals surface area contributed by atoms with Gasteiger partial charge in [0, 0.05) is 17.5 Å². The minimum atomic E-state index is -0.783. The number of anilines is 1. The number of benzene rings is 3. The Morgan fingerprint density at radius 2 is 1.56 bits per heavy atom. The Bertz CT molecular complexity index is 1320. The fourth-order valence-electron chi connectivity index (χ4n) is 3.70. The molecular formula is C29H30N4O2S. The first-order chi connectivity index (χ1) is 17.2. The van der Waals surface area contributed by atoms with Crippen molar-refractivity contribution in [3.05, 3.63) is 101 Å². The number of carbonyl (C=O) groups excluding carboxylic acids is 2. The van der Waals surface area contributed by atoms with E-state index in [2.05, 4.69) is 41.6 Å². The van der Waals surface area contributed by atoms with E-state index >= 15 is 0 Å². The number of hydrogen-bond acceptors (Lipinski definition) is 5. The minimum Gasteiger partial charge on any atom is -0.340 e. The van der Waals surface area contributed by atoms with Crippen LogP contribution in [0, 0.1) is 6.92 Å². The predicted octanol–water partition coefficient (Wildman–Crippen LogP) is 5.79. The fourth-order valence-corrected chi connectivity index (χ4v) is 4.45. The number of amides is 2. The van der Waals surface area contributed by atoms with E-state index in [9.17, 15) is 9.59 Å². The molecule has 0 aliphatic carbocycles. The molecule has 1 atom stereocenters. The smallest absolute Gasteiger partial charge is 0.251 e. The number of aromatic nitrogens is 2. The molecule has 1 heterocycles. The molecule has 6 nitrogen and oxygen atoms in total. The molecule has 36 heavy (non-hydrogen) atoms. The number of rotatable bonds is 7. The maximum atomic E-state index is 13.3. The van der Waals surface area contributed by atoms with Gasteiger partial charge in [-0.25, -0.2) is 0 Å². The number of carbonyl (C=O) groups is 2. The third kappa shape index (κ3) is 6.43. The van der Waals surface area contributed by atoms with Crippen LogP contribution in [0.1, 0.15) is 47.8 Å². The molecule has 4 rings (SSSR count). The lowest BCUT2D eigenvalue weighted by Crippen LogP contribution is -2.45. The summed E-state index contributed by atoms with van der Waals surface area (Å²) in [5.74, 6) is -0.644. The van der Waals surface area contributed by atoms with Gasteiger partial charge < -0.3 is 5.32 Å². The molecule has 0 aliphatic rings. The molecule has 1 aromatic heterocycles. The van der Waals surface area contributed by atoms with Crippen molar-refractivity contribution in [3.8, 4) is 10.6 Å². The zero-order valence-corrected chi connectivity index (χ0v) is 21.7. The Balaban J connectivity index is 1.50. The number of hydrogen-bond donors (Lipinski definition) is 2. The van der Waals surface area contributed by atoms with Crippen LogP contribution < -0.4 is 10.6 Å². The summed E-state index contributed by atoms with van der Waals surface area (Å²) >= 11 is 1.30. The molecule has 0 saturated carbocycles. The highest BCUT2D eigenvalue weighted by Gasteiger charge is 2.24. The van der Waals surface area contributed by atoms with Crippen molar-refractivity contribution in [1.82, 2.24) is 15.5 Å². The first-order valence-electron chi connectivity index (χ1n) is 11.9. The van der Waals surface area contributed by atoms with Crippen molar-refractivity contribution in [2.24, 2.45) is 0 Å².